The third-order valence-corrected chi connectivity index (χ3v) is 4.10. The van der Waals surface area contributed by atoms with Crippen molar-refractivity contribution in [1.82, 2.24) is 9.80 Å². The van der Waals surface area contributed by atoms with Gasteiger partial charge in [0.15, 0.2) is 0 Å². The highest BCUT2D eigenvalue weighted by Gasteiger charge is 2.34. The van der Waals surface area contributed by atoms with Crippen molar-refractivity contribution < 1.29 is 13.6 Å². The standard InChI is InChI=1S/C19H18F2N2O/c1-22(2)19(24)23-11-10-15(16-12-14(20)8-9-17(16)21)18(23)13-6-4-3-5-7-13/h3-10,12,18H,11H2,1-2H3. The van der Waals surface area contributed by atoms with Gasteiger partial charge in [-0.2, -0.15) is 0 Å². The van der Waals surface area contributed by atoms with Gasteiger partial charge in [0.25, 0.3) is 0 Å². The second-order valence-corrected chi connectivity index (χ2v) is 5.93. The van der Waals surface area contributed by atoms with Gasteiger partial charge in [-0.05, 0) is 29.3 Å². The van der Waals surface area contributed by atoms with Crippen molar-refractivity contribution >= 4 is 11.6 Å². The van der Waals surface area contributed by atoms with Crippen LogP contribution in [0.1, 0.15) is 17.2 Å². The third-order valence-electron chi connectivity index (χ3n) is 4.10. The van der Waals surface area contributed by atoms with Crippen molar-refractivity contribution in [2.75, 3.05) is 20.6 Å². The number of halogens is 2. The lowest BCUT2D eigenvalue weighted by atomic mass is 9.93. The molecular weight excluding hydrogens is 310 g/mol. The summed E-state index contributed by atoms with van der Waals surface area (Å²) in [7, 11) is 3.34. The second kappa shape index (κ2) is 6.43. The first-order valence-corrected chi connectivity index (χ1v) is 7.67. The molecule has 0 aliphatic carbocycles. The Hall–Kier alpha value is -2.69. The maximum atomic E-state index is 14.3. The summed E-state index contributed by atoms with van der Waals surface area (Å²) in [6, 6.07) is 12.1. The summed E-state index contributed by atoms with van der Waals surface area (Å²) < 4.78 is 27.9. The first-order chi connectivity index (χ1) is 11.5. The van der Waals surface area contributed by atoms with Crippen LogP contribution in [0.3, 0.4) is 0 Å². The SMILES string of the molecule is CN(C)C(=O)N1CC=C(c2cc(F)ccc2F)C1c1ccccc1. The summed E-state index contributed by atoms with van der Waals surface area (Å²) in [4.78, 5) is 15.6. The number of hydrogen-bond donors (Lipinski definition) is 0. The molecule has 0 radical (unpaired) electrons. The zero-order valence-electron chi connectivity index (χ0n) is 13.5. The van der Waals surface area contributed by atoms with Gasteiger partial charge >= 0.3 is 6.03 Å². The number of rotatable bonds is 2. The molecule has 3 nitrogen and oxygen atoms in total. The van der Waals surface area contributed by atoms with Gasteiger partial charge in [0.2, 0.25) is 0 Å². The van der Waals surface area contributed by atoms with Crippen LogP contribution in [0.4, 0.5) is 13.6 Å². The van der Waals surface area contributed by atoms with Crippen molar-refractivity contribution in [2.24, 2.45) is 0 Å². The van der Waals surface area contributed by atoms with Gasteiger partial charge in [0.1, 0.15) is 11.6 Å². The van der Waals surface area contributed by atoms with Gasteiger partial charge in [-0.25, -0.2) is 13.6 Å². The van der Waals surface area contributed by atoms with E-state index in [1.54, 1.807) is 25.1 Å². The van der Waals surface area contributed by atoms with E-state index in [9.17, 15) is 13.6 Å². The summed E-state index contributed by atoms with van der Waals surface area (Å²) in [6.45, 7) is 0.349. The van der Waals surface area contributed by atoms with Gasteiger partial charge < -0.3 is 9.80 Å². The number of carbonyl (C=O) groups excluding carboxylic acids is 1. The summed E-state index contributed by atoms with van der Waals surface area (Å²) >= 11 is 0. The Morgan fingerprint density at radius 2 is 1.83 bits per heavy atom. The molecule has 0 fully saturated rings. The fraction of sp³-hybridized carbons (Fsp3) is 0.211. The minimum absolute atomic E-state index is 0.174. The number of hydrogen-bond acceptors (Lipinski definition) is 1. The van der Waals surface area contributed by atoms with Crippen molar-refractivity contribution in [3.05, 3.63) is 77.4 Å². The van der Waals surface area contributed by atoms with E-state index in [0.29, 0.717) is 12.1 Å². The maximum Gasteiger partial charge on any atom is 0.320 e. The highest BCUT2D eigenvalue weighted by atomic mass is 19.1. The first kappa shape index (κ1) is 16.2. The largest absolute Gasteiger partial charge is 0.331 e. The molecule has 24 heavy (non-hydrogen) atoms. The fourth-order valence-electron chi connectivity index (χ4n) is 3.00. The Morgan fingerprint density at radius 1 is 1.12 bits per heavy atom. The van der Waals surface area contributed by atoms with E-state index in [1.807, 2.05) is 30.3 Å². The Morgan fingerprint density at radius 3 is 2.50 bits per heavy atom. The second-order valence-electron chi connectivity index (χ2n) is 5.93. The van der Waals surface area contributed by atoms with Gasteiger partial charge in [-0.3, -0.25) is 0 Å². The quantitative estimate of drug-likeness (QED) is 0.814. The lowest BCUT2D eigenvalue weighted by Gasteiger charge is -2.30. The Labute approximate surface area is 139 Å². The van der Waals surface area contributed by atoms with Gasteiger partial charge in [0.05, 0.1) is 6.04 Å². The fourth-order valence-corrected chi connectivity index (χ4v) is 3.00. The van der Waals surface area contributed by atoms with Gasteiger partial charge in [0, 0.05) is 26.2 Å². The summed E-state index contributed by atoms with van der Waals surface area (Å²) in [5, 5.41) is 0. The number of carbonyl (C=O) groups is 1. The third kappa shape index (κ3) is 2.89. The van der Waals surface area contributed by atoms with E-state index in [1.165, 1.54) is 11.0 Å². The molecule has 1 aliphatic heterocycles. The van der Waals surface area contributed by atoms with Crippen LogP contribution in [-0.2, 0) is 0 Å². The molecule has 0 spiro atoms. The molecule has 0 N–H and O–H groups in total. The Bertz CT molecular complexity index is 787. The average molecular weight is 328 g/mol. The zero-order chi connectivity index (χ0) is 17.3. The van der Waals surface area contributed by atoms with E-state index in [2.05, 4.69) is 0 Å². The molecule has 124 valence electrons. The van der Waals surface area contributed by atoms with E-state index >= 15 is 0 Å². The predicted molar refractivity (Wildman–Crippen MR) is 89.3 cm³/mol. The molecule has 0 bridgehead atoms. The van der Waals surface area contributed by atoms with E-state index in [4.69, 9.17) is 0 Å². The monoisotopic (exact) mass is 328 g/mol. The Balaban J connectivity index is 2.08. The molecule has 1 unspecified atom stereocenters. The molecule has 3 rings (SSSR count). The van der Waals surface area contributed by atoms with Crippen LogP contribution in [0.15, 0.2) is 54.6 Å². The van der Waals surface area contributed by atoms with E-state index < -0.39 is 17.7 Å². The molecule has 1 aliphatic rings. The molecular formula is C19H18F2N2O. The molecule has 1 heterocycles. The molecule has 2 aromatic carbocycles. The predicted octanol–water partition coefficient (Wildman–Crippen LogP) is 4.09. The minimum atomic E-state index is -0.503. The molecule has 2 aromatic rings. The number of benzene rings is 2. The molecule has 5 heteroatoms. The summed E-state index contributed by atoms with van der Waals surface area (Å²) in [5.41, 5.74) is 1.66. The lowest BCUT2D eigenvalue weighted by Crippen LogP contribution is -2.39. The molecule has 0 saturated carbocycles. The Kier molecular flexibility index (Phi) is 4.34. The van der Waals surface area contributed by atoms with Crippen molar-refractivity contribution in [3.63, 3.8) is 0 Å². The van der Waals surface area contributed by atoms with Crippen LogP contribution in [-0.4, -0.2) is 36.5 Å². The minimum Gasteiger partial charge on any atom is -0.331 e. The summed E-state index contributed by atoms with van der Waals surface area (Å²) in [6.07, 6.45) is 1.79. The van der Waals surface area contributed by atoms with Crippen LogP contribution in [0.25, 0.3) is 5.57 Å². The van der Waals surface area contributed by atoms with Crippen molar-refractivity contribution in [1.29, 1.82) is 0 Å². The zero-order valence-corrected chi connectivity index (χ0v) is 13.5. The van der Waals surface area contributed by atoms with Crippen LogP contribution < -0.4 is 0 Å². The first-order valence-electron chi connectivity index (χ1n) is 7.67. The van der Waals surface area contributed by atoms with E-state index in [-0.39, 0.29) is 11.6 Å². The van der Waals surface area contributed by atoms with Crippen molar-refractivity contribution in [2.45, 2.75) is 6.04 Å². The molecule has 0 aromatic heterocycles. The van der Waals surface area contributed by atoms with Crippen LogP contribution >= 0.6 is 0 Å². The maximum absolute atomic E-state index is 14.3. The molecule has 0 saturated heterocycles. The van der Waals surface area contributed by atoms with Gasteiger partial charge in [-0.15, -0.1) is 0 Å². The smallest absolute Gasteiger partial charge is 0.320 e. The normalized spacial score (nSPS) is 16.9. The van der Waals surface area contributed by atoms with Crippen molar-refractivity contribution in [3.8, 4) is 0 Å². The number of nitrogens with zero attached hydrogens (tertiary/aromatic N) is 2. The van der Waals surface area contributed by atoms with Crippen LogP contribution in [0.5, 0.6) is 0 Å². The number of amides is 2. The summed E-state index contributed by atoms with van der Waals surface area (Å²) in [5.74, 6) is -1.00. The van der Waals surface area contributed by atoms with Crippen LogP contribution in [0.2, 0.25) is 0 Å². The van der Waals surface area contributed by atoms with E-state index in [0.717, 1.165) is 17.7 Å². The van der Waals surface area contributed by atoms with Gasteiger partial charge in [-0.1, -0.05) is 36.4 Å². The van der Waals surface area contributed by atoms with Crippen LogP contribution in [0, 0.1) is 11.6 Å². The molecule has 2 amide bonds. The lowest BCUT2D eigenvalue weighted by molar-refractivity contribution is 0.171. The number of urea groups is 1. The topological polar surface area (TPSA) is 23.6 Å². The highest BCUT2D eigenvalue weighted by Crippen LogP contribution is 2.40. The highest BCUT2D eigenvalue weighted by molar-refractivity contribution is 5.83. The average Bonchev–Trinajstić information content (AvgIpc) is 3.01. The molecule has 1 atom stereocenters.